The van der Waals surface area contributed by atoms with Gasteiger partial charge in [0.25, 0.3) is 5.91 Å². The summed E-state index contributed by atoms with van der Waals surface area (Å²) < 4.78 is 16.2. The van der Waals surface area contributed by atoms with Gasteiger partial charge >= 0.3 is 0 Å². The van der Waals surface area contributed by atoms with Gasteiger partial charge in [-0.3, -0.25) is 9.59 Å². The van der Waals surface area contributed by atoms with E-state index in [1.165, 1.54) is 7.11 Å². The molecule has 3 rings (SSSR count). The van der Waals surface area contributed by atoms with E-state index in [-0.39, 0.29) is 24.0 Å². The summed E-state index contributed by atoms with van der Waals surface area (Å²) in [6, 6.07) is 4.93. The summed E-state index contributed by atoms with van der Waals surface area (Å²) in [5, 5.41) is 3.23. The molecule has 8 nitrogen and oxygen atoms in total. The van der Waals surface area contributed by atoms with Crippen LogP contribution in [0.1, 0.15) is 17.3 Å². The minimum absolute atomic E-state index is 0.0354. The number of hydrogen-bond acceptors (Lipinski definition) is 6. The first kappa shape index (κ1) is 19.4. The van der Waals surface area contributed by atoms with Crippen molar-refractivity contribution in [1.29, 1.82) is 0 Å². The lowest BCUT2D eigenvalue weighted by atomic mass is 10.1. The molecule has 0 aliphatic carbocycles. The van der Waals surface area contributed by atoms with Gasteiger partial charge in [-0.05, 0) is 19.1 Å². The molecule has 2 aliphatic rings. The van der Waals surface area contributed by atoms with Gasteiger partial charge in [-0.15, -0.1) is 0 Å². The Kier molecular flexibility index (Phi) is 6.18. The van der Waals surface area contributed by atoms with Gasteiger partial charge in [-0.1, -0.05) is 6.07 Å². The first-order chi connectivity index (χ1) is 13.1. The van der Waals surface area contributed by atoms with Crippen molar-refractivity contribution >= 4 is 11.8 Å². The summed E-state index contributed by atoms with van der Waals surface area (Å²) in [6.45, 7) is 5.16. The molecular formula is C19H27N3O5. The highest BCUT2D eigenvalue weighted by molar-refractivity contribution is 5.98. The lowest BCUT2D eigenvalue weighted by Gasteiger charge is -2.39. The number of piperazine rings is 1. The number of morpholine rings is 1. The minimum Gasteiger partial charge on any atom is -0.493 e. The van der Waals surface area contributed by atoms with E-state index in [1.807, 2.05) is 6.92 Å². The molecule has 2 amide bonds. The summed E-state index contributed by atoms with van der Waals surface area (Å²) in [5.41, 5.74) is 0.465. The van der Waals surface area contributed by atoms with E-state index < -0.39 is 0 Å². The number of nitrogens with one attached hydrogen (secondary N) is 1. The summed E-state index contributed by atoms with van der Waals surface area (Å²) in [6.07, 6.45) is -0.146. The van der Waals surface area contributed by atoms with Gasteiger partial charge in [0.15, 0.2) is 11.5 Å². The third kappa shape index (κ3) is 4.01. The molecule has 8 heteroatoms. The van der Waals surface area contributed by atoms with Crippen molar-refractivity contribution in [3.8, 4) is 11.5 Å². The Bertz CT molecular complexity index is 688. The average molecular weight is 377 g/mol. The number of hydrogen-bond donors (Lipinski definition) is 1. The van der Waals surface area contributed by atoms with Gasteiger partial charge in [0.1, 0.15) is 6.04 Å². The predicted molar refractivity (Wildman–Crippen MR) is 99.2 cm³/mol. The zero-order valence-electron chi connectivity index (χ0n) is 16.1. The molecule has 0 aromatic heterocycles. The quantitative estimate of drug-likeness (QED) is 0.816. The Labute approximate surface area is 159 Å². The van der Waals surface area contributed by atoms with E-state index in [2.05, 4.69) is 5.32 Å². The number of benzene rings is 1. The molecule has 0 unspecified atom stereocenters. The van der Waals surface area contributed by atoms with Crippen LogP contribution in [0.4, 0.5) is 0 Å². The second-order valence-corrected chi connectivity index (χ2v) is 6.67. The van der Waals surface area contributed by atoms with Crippen molar-refractivity contribution < 1.29 is 23.8 Å². The van der Waals surface area contributed by atoms with Gasteiger partial charge in [0.05, 0.1) is 32.5 Å². The lowest BCUT2D eigenvalue weighted by Crippen LogP contribution is -2.60. The molecule has 1 aromatic carbocycles. The van der Waals surface area contributed by atoms with Gasteiger partial charge in [-0.25, -0.2) is 0 Å². The molecule has 2 fully saturated rings. The highest BCUT2D eigenvalue weighted by Gasteiger charge is 2.34. The molecule has 0 saturated carbocycles. The molecular weight excluding hydrogens is 350 g/mol. The minimum atomic E-state index is -0.320. The number of carbonyl (C=O) groups excluding carboxylic acids is 2. The maximum atomic E-state index is 12.9. The number of amides is 2. The normalized spacial score (nSPS) is 23.1. The molecule has 2 saturated heterocycles. The van der Waals surface area contributed by atoms with Crippen molar-refractivity contribution in [1.82, 2.24) is 15.1 Å². The van der Waals surface area contributed by atoms with Crippen LogP contribution in [-0.4, -0.2) is 87.3 Å². The second-order valence-electron chi connectivity index (χ2n) is 6.67. The molecule has 2 atom stereocenters. The van der Waals surface area contributed by atoms with Crippen LogP contribution in [0.15, 0.2) is 18.2 Å². The zero-order chi connectivity index (χ0) is 19.4. The van der Waals surface area contributed by atoms with E-state index in [4.69, 9.17) is 14.2 Å². The van der Waals surface area contributed by atoms with Crippen LogP contribution >= 0.6 is 0 Å². The number of ether oxygens (including phenoxy) is 3. The van der Waals surface area contributed by atoms with Crippen LogP contribution in [0.3, 0.4) is 0 Å². The van der Waals surface area contributed by atoms with E-state index in [9.17, 15) is 9.59 Å². The van der Waals surface area contributed by atoms with Crippen molar-refractivity contribution in [3.05, 3.63) is 23.8 Å². The van der Waals surface area contributed by atoms with Crippen molar-refractivity contribution in [2.45, 2.75) is 19.1 Å². The first-order valence-corrected chi connectivity index (χ1v) is 9.21. The summed E-state index contributed by atoms with van der Waals surface area (Å²) in [4.78, 5) is 29.2. The third-order valence-corrected chi connectivity index (χ3v) is 5.09. The van der Waals surface area contributed by atoms with Crippen LogP contribution in [-0.2, 0) is 9.53 Å². The van der Waals surface area contributed by atoms with Gasteiger partial charge in [0, 0.05) is 32.7 Å². The van der Waals surface area contributed by atoms with Gasteiger partial charge < -0.3 is 29.3 Å². The van der Waals surface area contributed by atoms with Crippen molar-refractivity contribution in [2.75, 3.05) is 53.6 Å². The topological polar surface area (TPSA) is 80.3 Å². The Morgan fingerprint density at radius 3 is 2.44 bits per heavy atom. The summed E-state index contributed by atoms with van der Waals surface area (Å²) in [7, 11) is 3.06. The van der Waals surface area contributed by atoms with Crippen molar-refractivity contribution in [3.63, 3.8) is 0 Å². The molecule has 27 heavy (non-hydrogen) atoms. The largest absolute Gasteiger partial charge is 0.493 e. The van der Waals surface area contributed by atoms with E-state index in [0.29, 0.717) is 56.4 Å². The molecule has 0 bridgehead atoms. The SMILES string of the molecule is COc1cccc(C(=O)N2CCN(C(=O)[C@H]3NCCO[C@@H]3C)CC2)c1OC. The molecule has 2 aliphatic heterocycles. The standard InChI is InChI=1S/C19H27N3O5/c1-13-16(20-7-12-27-13)19(24)22-10-8-21(9-11-22)18(23)14-5-4-6-15(25-2)17(14)26-3/h4-6,13,16,20H,7-12H2,1-3H3/t13-,16+/m1/s1. The molecule has 0 spiro atoms. The monoisotopic (exact) mass is 377 g/mol. The van der Waals surface area contributed by atoms with Gasteiger partial charge in [-0.2, -0.15) is 0 Å². The number of methoxy groups -OCH3 is 2. The fourth-order valence-electron chi connectivity index (χ4n) is 3.56. The van der Waals surface area contributed by atoms with Crippen molar-refractivity contribution in [2.24, 2.45) is 0 Å². The lowest BCUT2D eigenvalue weighted by molar-refractivity contribution is -0.140. The van der Waals surface area contributed by atoms with E-state index >= 15 is 0 Å². The van der Waals surface area contributed by atoms with E-state index in [0.717, 1.165) is 0 Å². The molecule has 0 radical (unpaired) electrons. The predicted octanol–water partition coefficient (Wildman–Crippen LogP) is 0.365. The summed E-state index contributed by atoms with van der Waals surface area (Å²) in [5.74, 6) is 0.869. The van der Waals surface area contributed by atoms with Crippen LogP contribution < -0.4 is 14.8 Å². The zero-order valence-corrected chi connectivity index (χ0v) is 16.1. The first-order valence-electron chi connectivity index (χ1n) is 9.21. The third-order valence-electron chi connectivity index (χ3n) is 5.09. The number of nitrogens with zero attached hydrogens (tertiary/aromatic N) is 2. The van der Waals surface area contributed by atoms with Gasteiger partial charge in [0.2, 0.25) is 5.91 Å². The van der Waals surface area contributed by atoms with E-state index in [1.54, 1.807) is 35.1 Å². The van der Waals surface area contributed by atoms with Crippen LogP contribution in [0.2, 0.25) is 0 Å². The van der Waals surface area contributed by atoms with Crippen LogP contribution in [0.25, 0.3) is 0 Å². The molecule has 1 aromatic rings. The maximum absolute atomic E-state index is 12.9. The molecule has 2 heterocycles. The number of carbonyl (C=O) groups is 2. The number of rotatable bonds is 4. The smallest absolute Gasteiger partial charge is 0.257 e. The number of para-hydroxylation sites is 1. The highest BCUT2D eigenvalue weighted by Crippen LogP contribution is 2.31. The second kappa shape index (κ2) is 8.58. The Balaban J connectivity index is 1.64. The fraction of sp³-hybridized carbons (Fsp3) is 0.579. The Hall–Kier alpha value is -2.32. The van der Waals surface area contributed by atoms with Crippen LogP contribution in [0, 0.1) is 0 Å². The summed E-state index contributed by atoms with van der Waals surface area (Å²) >= 11 is 0. The molecule has 148 valence electrons. The Morgan fingerprint density at radius 1 is 1.11 bits per heavy atom. The maximum Gasteiger partial charge on any atom is 0.257 e. The average Bonchev–Trinajstić information content (AvgIpc) is 2.72. The Morgan fingerprint density at radius 2 is 1.81 bits per heavy atom. The van der Waals surface area contributed by atoms with Crippen LogP contribution in [0.5, 0.6) is 11.5 Å². The molecule has 1 N–H and O–H groups in total. The fourth-order valence-corrected chi connectivity index (χ4v) is 3.56. The highest BCUT2D eigenvalue weighted by atomic mass is 16.5.